The zero-order valence-electron chi connectivity index (χ0n) is 18.6. The van der Waals surface area contributed by atoms with Crippen LogP contribution in [0.1, 0.15) is 22.0 Å². The number of hydrogen-bond acceptors (Lipinski definition) is 5. The van der Waals surface area contributed by atoms with Crippen LogP contribution in [0.2, 0.25) is 0 Å². The fraction of sp³-hybridized carbons (Fsp3) is 0.208. The molecule has 1 amide bonds. The average molecular weight is 472 g/mol. The molecule has 0 fully saturated rings. The van der Waals surface area contributed by atoms with Crippen LogP contribution in [0.5, 0.6) is 5.75 Å². The fourth-order valence-corrected chi connectivity index (χ4v) is 4.44. The number of para-hydroxylation sites is 1. The molecule has 0 saturated heterocycles. The lowest BCUT2D eigenvalue weighted by molar-refractivity contribution is 0.0941. The number of hydrogen-bond donors (Lipinski definition) is 2. The van der Waals surface area contributed by atoms with Gasteiger partial charge in [0.1, 0.15) is 11.6 Å². The van der Waals surface area contributed by atoms with Crippen molar-refractivity contribution in [1.82, 2.24) is 10.2 Å². The van der Waals surface area contributed by atoms with Crippen LogP contribution in [0, 0.1) is 5.82 Å². The van der Waals surface area contributed by atoms with Crippen LogP contribution < -0.4 is 14.8 Å². The van der Waals surface area contributed by atoms with Crippen LogP contribution in [0.15, 0.2) is 77.7 Å². The number of likely N-dealkylation sites (N-methyl/N-ethyl adjacent to an activating group) is 1. The number of nitrogens with one attached hydrogen (secondary N) is 2. The van der Waals surface area contributed by atoms with Gasteiger partial charge in [0, 0.05) is 23.4 Å². The van der Waals surface area contributed by atoms with Crippen molar-refractivity contribution in [3.05, 3.63) is 89.7 Å². The number of amides is 1. The molecule has 0 heterocycles. The van der Waals surface area contributed by atoms with Crippen LogP contribution in [0.3, 0.4) is 0 Å². The highest BCUT2D eigenvalue weighted by atomic mass is 32.2. The maximum absolute atomic E-state index is 13.1. The van der Waals surface area contributed by atoms with E-state index >= 15 is 0 Å². The predicted molar refractivity (Wildman–Crippen MR) is 125 cm³/mol. The minimum atomic E-state index is -3.96. The number of benzene rings is 3. The van der Waals surface area contributed by atoms with Crippen molar-refractivity contribution in [3.63, 3.8) is 0 Å². The zero-order valence-corrected chi connectivity index (χ0v) is 19.4. The number of ether oxygens (including phenoxy) is 1. The molecule has 0 bridgehead atoms. The van der Waals surface area contributed by atoms with E-state index in [0.717, 1.165) is 17.7 Å². The van der Waals surface area contributed by atoms with E-state index in [4.69, 9.17) is 4.74 Å². The second kappa shape index (κ2) is 10.5. The van der Waals surface area contributed by atoms with Gasteiger partial charge in [-0.2, -0.15) is 0 Å². The molecular formula is C24H26FN3O4S. The maximum Gasteiger partial charge on any atom is 0.261 e. The van der Waals surface area contributed by atoms with Crippen molar-refractivity contribution < 1.29 is 22.3 Å². The highest BCUT2D eigenvalue weighted by molar-refractivity contribution is 7.92. The van der Waals surface area contributed by atoms with Crippen molar-refractivity contribution in [2.75, 3.05) is 32.5 Å². The van der Waals surface area contributed by atoms with Gasteiger partial charge >= 0.3 is 0 Å². The quantitative estimate of drug-likeness (QED) is 0.497. The number of carbonyl (C=O) groups excluding carboxylic acids is 1. The Morgan fingerprint density at radius 3 is 2.39 bits per heavy atom. The molecule has 9 heteroatoms. The monoisotopic (exact) mass is 471 g/mol. The first-order chi connectivity index (χ1) is 15.7. The summed E-state index contributed by atoms with van der Waals surface area (Å²) in [5, 5.41) is 2.87. The Balaban J connectivity index is 1.75. The molecule has 0 unspecified atom stereocenters. The van der Waals surface area contributed by atoms with Gasteiger partial charge < -0.3 is 15.0 Å². The Morgan fingerprint density at radius 2 is 1.73 bits per heavy atom. The van der Waals surface area contributed by atoms with Gasteiger partial charge in [-0.3, -0.25) is 9.52 Å². The van der Waals surface area contributed by atoms with E-state index < -0.39 is 21.7 Å². The van der Waals surface area contributed by atoms with Gasteiger partial charge in [0.2, 0.25) is 0 Å². The van der Waals surface area contributed by atoms with E-state index in [1.807, 2.05) is 43.3 Å². The van der Waals surface area contributed by atoms with Crippen molar-refractivity contribution in [3.8, 4) is 5.75 Å². The highest BCUT2D eigenvalue weighted by Crippen LogP contribution is 2.27. The van der Waals surface area contributed by atoms with Gasteiger partial charge in [0.05, 0.1) is 18.0 Å². The van der Waals surface area contributed by atoms with Gasteiger partial charge in [-0.05, 0) is 62.6 Å². The Bertz CT molecular complexity index is 1210. The number of carbonyl (C=O) groups is 1. The predicted octanol–water partition coefficient (Wildman–Crippen LogP) is 3.67. The molecule has 0 aliphatic rings. The summed E-state index contributed by atoms with van der Waals surface area (Å²) >= 11 is 0. The molecule has 0 radical (unpaired) electrons. The second-order valence-corrected chi connectivity index (χ2v) is 9.25. The van der Waals surface area contributed by atoms with E-state index in [1.54, 1.807) is 13.2 Å². The molecule has 174 valence electrons. The van der Waals surface area contributed by atoms with Crippen molar-refractivity contribution in [2.45, 2.75) is 10.9 Å². The molecule has 0 aromatic heterocycles. The number of sulfonamides is 1. The Labute approximate surface area is 193 Å². The first kappa shape index (κ1) is 24.2. The second-order valence-electron chi connectivity index (χ2n) is 7.57. The molecule has 2 N–H and O–H groups in total. The van der Waals surface area contributed by atoms with Crippen LogP contribution in [0.25, 0.3) is 0 Å². The van der Waals surface area contributed by atoms with Crippen molar-refractivity contribution >= 4 is 21.6 Å². The molecule has 33 heavy (non-hydrogen) atoms. The Morgan fingerprint density at radius 1 is 1.03 bits per heavy atom. The van der Waals surface area contributed by atoms with E-state index in [1.165, 1.54) is 30.3 Å². The fourth-order valence-electron chi connectivity index (χ4n) is 3.34. The molecule has 3 aromatic rings. The van der Waals surface area contributed by atoms with Crippen LogP contribution in [-0.4, -0.2) is 47.0 Å². The number of nitrogens with zero attached hydrogens (tertiary/aromatic N) is 1. The summed E-state index contributed by atoms with van der Waals surface area (Å²) < 4.78 is 46.3. The zero-order chi connectivity index (χ0) is 24.0. The largest absolute Gasteiger partial charge is 0.496 e. The normalized spacial score (nSPS) is 12.3. The Hall–Kier alpha value is -3.43. The molecule has 1 atom stereocenters. The summed E-state index contributed by atoms with van der Waals surface area (Å²) in [5.41, 5.74) is 1.34. The average Bonchev–Trinajstić information content (AvgIpc) is 2.80. The molecule has 0 aliphatic carbocycles. The number of halogens is 1. The van der Waals surface area contributed by atoms with E-state index in [-0.39, 0.29) is 28.7 Å². The molecule has 7 nitrogen and oxygen atoms in total. The number of anilines is 1. The van der Waals surface area contributed by atoms with Crippen molar-refractivity contribution in [1.29, 1.82) is 0 Å². The highest BCUT2D eigenvalue weighted by Gasteiger charge is 2.21. The molecule has 0 spiro atoms. The van der Waals surface area contributed by atoms with Gasteiger partial charge in [-0.25, -0.2) is 12.8 Å². The third-order valence-corrected chi connectivity index (χ3v) is 6.46. The van der Waals surface area contributed by atoms with Gasteiger partial charge in [0.15, 0.2) is 0 Å². The summed E-state index contributed by atoms with van der Waals surface area (Å²) in [4.78, 5) is 14.7. The SMILES string of the molecule is COc1ccccc1[C@@H](CNC(=O)c1cccc(S(=O)(=O)Nc2ccc(F)cc2)c1)N(C)C. The lowest BCUT2D eigenvalue weighted by atomic mass is 10.0. The molecule has 0 aliphatic heterocycles. The van der Waals surface area contributed by atoms with Gasteiger partial charge in [-0.1, -0.05) is 24.3 Å². The van der Waals surface area contributed by atoms with Gasteiger partial charge in [0.25, 0.3) is 15.9 Å². The number of methoxy groups -OCH3 is 1. The van der Waals surface area contributed by atoms with Crippen LogP contribution >= 0.6 is 0 Å². The molecule has 0 saturated carbocycles. The Kier molecular flexibility index (Phi) is 7.67. The lowest BCUT2D eigenvalue weighted by Crippen LogP contribution is -2.34. The summed E-state index contributed by atoms with van der Waals surface area (Å²) in [6.45, 7) is 0.289. The first-order valence-electron chi connectivity index (χ1n) is 10.2. The third-order valence-electron chi connectivity index (χ3n) is 5.08. The molecule has 3 aromatic carbocycles. The van der Waals surface area contributed by atoms with E-state index in [0.29, 0.717) is 5.75 Å². The standard InChI is InChI=1S/C24H26FN3O4S/c1-28(2)22(21-9-4-5-10-23(21)32-3)16-26-24(29)17-7-6-8-20(15-17)33(30,31)27-19-13-11-18(25)12-14-19/h4-15,22,27H,16H2,1-3H3,(H,26,29)/t22-/m1/s1. The summed E-state index contributed by atoms with van der Waals surface area (Å²) in [6.07, 6.45) is 0. The summed E-state index contributed by atoms with van der Waals surface area (Å²) in [5.74, 6) is -0.165. The maximum atomic E-state index is 13.1. The number of rotatable bonds is 9. The van der Waals surface area contributed by atoms with Crippen LogP contribution in [0.4, 0.5) is 10.1 Å². The smallest absolute Gasteiger partial charge is 0.261 e. The van der Waals surface area contributed by atoms with E-state index in [9.17, 15) is 17.6 Å². The minimum absolute atomic E-state index is 0.0756. The third kappa shape index (κ3) is 6.09. The van der Waals surface area contributed by atoms with E-state index in [2.05, 4.69) is 10.0 Å². The summed E-state index contributed by atoms with van der Waals surface area (Å²) in [7, 11) is 1.44. The van der Waals surface area contributed by atoms with Crippen molar-refractivity contribution in [2.24, 2.45) is 0 Å². The molecule has 3 rings (SSSR count). The van der Waals surface area contributed by atoms with Crippen LogP contribution in [-0.2, 0) is 10.0 Å². The topological polar surface area (TPSA) is 87.7 Å². The summed E-state index contributed by atoms with van der Waals surface area (Å²) in [6, 6.07) is 18.1. The van der Waals surface area contributed by atoms with Gasteiger partial charge in [-0.15, -0.1) is 0 Å². The minimum Gasteiger partial charge on any atom is -0.496 e. The lowest BCUT2D eigenvalue weighted by Gasteiger charge is -2.26. The first-order valence-corrected chi connectivity index (χ1v) is 11.7. The molecular weight excluding hydrogens is 445 g/mol.